The Hall–Kier alpha value is -4.92. The van der Waals surface area contributed by atoms with Crippen LogP contribution in [0.1, 0.15) is 78.5 Å². The fraction of sp³-hybridized carbons (Fsp3) is 0.351. The standard InChI is InChI=1S/C37H41N5O4/c1-5-45-34(43)33-29-21-22-31-30(32(29)40-41(33)24-23-38-35(44)46-36(2,3)4)25-42(39-31)37(26-15-9-6-10-16-26,27-17-11-7-12-18-27)28-19-13-8-14-20-28/h6-20,30H,5,21-25H2,1-4H3,(H,38,44). The number of benzene rings is 3. The van der Waals surface area contributed by atoms with Crippen LogP contribution in [0.15, 0.2) is 96.1 Å². The van der Waals surface area contributed by atoms with Crippen LogP contribution in [-0.4, -0.2) is 57.9 Å². The van der Waals surface area contributed by atoms with Gasteiger partial charge in [-0.25, -0.2) is 9.59 Å². The van der Waals surface area contributed by atoms with E-state index in [9.17, 15) is 9.59 Å². The summed E-state index contributed by atoms with van der Waals surface area (Å²) in [6.07, 6.45) is 0.819. The van der Waals surface area contributed by atoms with E-state index in [1.807, 2.05) is 39.0 Å². The second-order valence-corrected chi connectivity index (χ2v) is 12.6. The van der Waals surface area contributed by atoms with E-state index in [0.29, 0.717) is 31.6 Å². The number of carbonyl (C=O) groups is 2. The van der Waals surface area contributed by atoms with E-state index in [1.54, 1.807) is 11.6 Å². The summed E-state index contributed by atoms with van der Waals surface area (Å²) in [5.41, 5.74) is 5.26. The van der Waals surface area contributed by atoms with E-state index in [0.717, 1.165) is 33.7 Å². The minimum atomic E-state index is -0.696. The van der Waals surface area contributed by atoms with Crippen LogP contribution < -0.4 is 5.32 Å². The van der Waals surface area contributed by atoms with Gasteiger partial charge in [-0.05, 0) is 57.2 Å². The van der Waals surface area contributed by atoms with Gasteiger partial charge in [0.15, 0.2) is 0 Å². The lowest BCUT2D eigenvalue weighted by molar-refractivity contribution is 0.0510. The first-order valence-corrected chi connectivity index (χ1v) is 16.0. The van der Waals surface area contributed by atoms with Crippen molar-refractivity contribution >= 4 is 17.8 Å². The Morgan fingerprint density at radius 2 is 1.43 bits per heavy atom. The summed E-state index contributed by atoms with van der Waals surface area (Å²) in [6, 6.07) is 31.5. The lowest BCUT2D eigenvalue weighted by Gasteiger charge is -2.42. The summed E-state index contributed by atoms with van der Waals surface area (Å²) in [4.78, 5) is 25.6. The van der Waals surface area contributed by atoms with Gasteiger partial charge in [0.1, 0.15) is 16.8 Å². The molecule has 4 aromatic rings. The van der Waals surface area contributed by atoms with Crippen molar-refractivity contribution in [2.75, 3.05) is 19.7 Å². The summed E-state index contributed by atoms with van der Waals surface area (Å²) < 4.78 is 12.6. The molecule has 0 fully saturated rings. The molecule has 0 radical (unpaired) electrons. The molecule has 46 heavy (non-hydrogen) atoms. The number of carbonyl (C=O) groups excluding carboxylic acids is 2. The molecule has 6 rings (SSSR count). The molecule has 1 N–H and O–H groups in total. The number of ether oxygens (including phenoxy) is 2. The molecule has 1 aromatic heterocycles. The first-order chi connectivity index (χ1) is 22.2. The summed E-state index contributed by atoms with van der Waals surface area (Å²) in [6.45, 7) is 8.63. The van der Waals surface area contributed by atoms with E-state index >= 15 is 0 Å². The van der Waals surface area contributed by atoms with Crippen molar-refractivity contribution in [1.29, 1.82) is 0 Å². The quantitative estimate of drug-likeness (QED) is 0.175. The van der Waals surface area contributed by atoms with Gasteiger partial charge in [0, 0.05) is 17.8 Å². The molecular weight excluding hydrogens is 578 g/mol. The Balaban J connectivity index is 1.39. The number of aromatic nitrogens is 2. The van der Waals surface area contributed by atoms with Crippen LogP contribution in [0.2, 0.25) is 0 Å². The molecular formula is C37H41N5O4. The highest BCUT2D eigenvalue weighted by Crippen LogP contribution is 2.47. The van der Waals surface area contributed by atoms with Crippen molar-refractivity contribution in [3.05, 3.63) is 125 Å². The molecule has 9 nitrogen and oxygen atoms in total. The maximum atomic E-state index is 13.3. The molecule has 0 saturated heterocycles. The molecule has 3 aromatic carbocycles. The summed E-state index contributed by atoms with van der Waals surface area (Å²) in [7, 11) is 0. The van der Waals surface area contributed by atoms with Crippen molar-refractivity contribution in [2.24, 2.45) is 5.10 Å². The average Bonchev–Trinajstić information content (AvgIpc) is 3.64. The van der Waals surface area contributed by atoms with E-state index in [2.05, 4.69) is 83.1 Å². The minimum Gasteiger partial charge on any atom is -0.461 e. The highest BCUT2D eigenvalue weighted by atomic mass is 16.6. The molecule has 2 heterocycles. The van der Waals surface area contributed by atoms with E-state index in [-0.39, 0.29) is 19.1 Å². The third-order valence-corrected chi connectivity index (χ3v) is 8.47. The third-order valence-electron chi connectivity index (χ3n) is 8.47. The Bertz CT molecular complexity index is 1610. The van der Waals surface area contributed by atoms with E-state index < -0.39 is 23.2 Å². The molecule has 1 aliphatic carbocycles. The number of alkyl carbamates (subject to hydrolysis) is 1. The number of fused-ring (bicyclic) bond motifs is 3. The number of nitrogens with one attached hydrogen (secondary N) is 1. The molecule has 1 unspecified atom stereocenters. The van der Waals surface area contributed by atoms with Gasteiger partial charge in [-0.3, -0.25) is 9.69 Å². The molecule has 0 saturated carbocycles. The zero-order valence-electron chi connectivity index (χ0n) is 26.9. The molecule has 0 bridgehead atoms. The Morgan fingerprint density at radius 1 is 0.870 bits per heavy atom. The van der Waals surface area contributed by atoms with Crippen LogP contribution in [0.3, 0.4) is 0 Å². The molecule has 1 amide bonds. The van der Waals surface area contributed by atoms with Crippen molar-refractivity contribution in [1.82, 2.24) is 20.1 Å². The van der Waals surface area contributed by atoms with Gasteiger partial charge in [-0.1, -0.05) is 91.0 Å². The molecule has 238 valence electrons. The monoisotopic (exact) mass is 619 g/mol. The predicted molar refractivity (Wildman–Crippen MR) is 177 cm³/mol. The number of nitrogens with zero attached hydrogens (tertiary/aromatic N) is 4. The molecule has 0 spiro atoms. The van der Waals surface area contributed by atoms with Gasteiger partial charge in [0.2, 0.25) is 0 Å². The Morgan fingerprint density at radius 3 is 1.96 bits per heavy atom. The van der Waals surface area contributed by atoms with Crippen molar-refractivity contribution in [2.45, 2.75) is 64.1 Å². The molecule has 1 atom stereocenters. The molecule has 2 aliphatic rings. The number of esters is 1. The van der Waals surface area contributed by atoms with E-state index in [4.69, 9.17) is 19.7 Å². The van der Waals surface area contributed by atoms with E-state index in [1.165, 1.54) is 0 Å². The van der Waals surface area contributed by atoms with Gasteiger partial charge < -0.3 is 14.8 Å². The van der Waals surface area contributed by atoms with Gasteiger partial charge >= 0.3 is 12.1 Å². The van der Waals surface area contributed by atoms with Crippen LogP contribution in [0, 0.1) is 0 Å². The lowest BCUT2D eigenvalue weighted by atomic mass is 9.76. The number of rotatable bonds is 9. The Labute approximate surface area is 270 Å². The SMILES string of the molecule is CCOC(=O)c1c2c(nn1CCNC(=O)OC(C)(C)C)C1CN(C(c3ccccc3)(c3ccccc3)c3ccccc3)N=C1CC2. The van der Waals surface area contributed by atoms with Crippen LogP contribution >= 0.6 is 0 Å². The van der Waals surface area contributed by atoms with Crippen molar-refractivity contribution in [3.8, 4) is 0 Å². The summed E-state index contributed by atoms with van der Waals surface area (Å²) in [5, 5.41) is 15.4. The first kappa shape index (κ1) is 31.1. The fourth-order valence-corrected chi connectivity index (χ4v) is 6.67. The normalized spacial score (nSPS) is 15.9. The predicted octanol–water partition coefficient (Wildman–Crippen LogP) is 6.28. The summed E-state index contributed by atoms with van der Waals surface area (Å²) in [5.74, 6) is -0.511. The maximum absolute atomic E-state index is 13.3. The lowest BCUT2D eigenvalue weighted by Crippen LogP contribution is -2.45. The van der Waals surface area contributed by atoms with Crippen LogP contribution in [0.5, 0.6) is 0 Å². The smallest absolute Gasteiger partial charge is 0.407 e. The highest BCUT2D eigenvalue weighted by molar-refractivity contribution is 5.97. The van der Waals surface area contributed by atoms with Crippen LogP contribution in [0.25, 0.3) is 0 Å². The van der Waals surface area contributed by atoms with Gasteiger partial charge in [-0.2, -0.15) is 10.2 Å². The van der Waals surface area contributed by atoms with Gasteiger partial charge in [-0.15, -0.1) is 0 Å². The van der Waals surface area contributed by atoms with Gasteiger partial charge in [0.25, 0.3) is 0 Å². The second-order valence-electron chi connectivity index (χ2n) is 12.6. The van der Waals surface area contributed by atoms with Crippen LogP contribution in [-0.2, 0) is 28.0 Å². The number of hydrogen-bond acceptors (Lipinski definition) is 7. The minimum absolute atomic E-state index is 0.104. The zero-order chi connectivity index (χ0) is 32.3. The first-order valence-electron chi connectivity index (χ1n) is 16.0. The number of hydrazone groups is 1. The van der Waals surface area contributed by atoms with Crippen molar-refractivity contribution < 1.29 is 19.1 Å². The maximum Gasteiger partial charge on any atom is 0.407 e. The van der Waals surface area contributed by atoms with Crippen LogP contribution in [0.4, 0.5) is 4.79 Å². The zero-order valence-corrected chi connectivity index (χ0v) is 26.9. The fourth-order valence-electron chi connectivity index (χ4n) is 6.67. The molecule has 9 heteroatoms. The average molecular weight is 620 g/mol. The summed E-state index contributed by atoms with van der Waals surface area (Å²) >= 11 is 0. The second kappa shape index (κ2) is 12.8. The Kier molecular flexibility index (Phi) is 8.67. The number of amides is 1. The van der Waals surface area contributed by atoms with Crippen molar-refractivity contribution in [3.63, 3.8) is 0 Å². The number of hydrogen-bond donors (Lipinski definition) is 1. The molecule has 1 aliphatic heterocycles. The highest BCUT2D eigenvalue weighted by Gasteiger charge is 2.48. The third kappa shape index (κ3) is 5.89. The largest absolute Gasteiger partial charge is 0.461 e. The topological polar surface area (TPSA) is 98.0 Å². The van der Waals surface area contributed by atoms with Gasteiger partial charge in [0.05, 0.1) is 31.3 Å².